The summed E-state index contributed by atoms with van der Waals surface area (Å²) in [4.78, 5) is 24.6. The first-order valence-corrected chi connectivity index (χ1v) is 19.1. The van der Waals surface area contributed by atoms with Crippen LogP contribution in [0.25, 0.3) is 33.4 Å². The van der Waals surface area contributed by atoms with E-state index in [1.807, 2.05) is 0 Å². The van der Waals surface area contributed by atoms with Crippen molar-refractivity contribution in [3.05, 3.63) is 70.4 Å². The summed E-state index contributed by atoms with van der Waals surface area (Å²) in [6.45, 7) is -0.744. The monoisotopic (exact) mass is 831 g/mol. The molecule has 19 heteroatoms. The molecule has 13 N–H and O–H groups in total. The van der Waals surface area contributed by atoms with Gasteiger partial charge in [0.1, 0.15) is 59.8 Å². The van der Waals surface area contributed by atoms with Crippen LogP contribution in [0.15, 0.2) is 63.8 Å². The number of ether oxygens (including phenoxy) is 2. The minimum absolute atomic E-state index is 0.0273. The molecular weight excluding hydrogens is 783 g/mol. The minimum Gasteiger partial charge on any atom is -0.508 e. The highest BCUT2D eigenvalue weighted by Gasteiger charge is 2.46. The summed E-state index contributed by atoms with van der Waals surface area (Å²) >= 11 is 5.44. The molecule has 316 valence electrons. The highest BCUT2D eigenvalue weighted by atomic mass is 32.1. The number of carbonyl (C=O) groups is 1. The third-order valence-corrected chi connectivity index (χ3v) is 10.1. The third-order valence-electron chi connectivity index (χ3n) is 9.81. The Hall–Kier alpha value is -4.35. The number of fused-ring (bicyclic) bond motifs is 2. The molecule has 1 saturated heterocycles. The molecule has 18 nitrogen and oxygen atoms in total. The summed E-state index contributed by atoms with van der Waals surface area (Å²) in [5, 5.41) is 111. The van der Waals surface area contributed by atoms with Gasteiger partial charge in [-0.1, -0.05) is 18.9 Å². The van der Waals surface area contributed by atoms with Crippen LogP contribution in [0.4, 0.5) is 5.69 Å². The number of carboxylic acid groups (broad SMARTS) is 1. The van der Waals surface area contributed by atoms with Gasteiger partial charge < -0.3 is 80.9 Å². The zero-order valence-electron chi connectivity index (χ0n) is 31.2. The fourth-order valence-corrected chi connectivity index (χ4v) is 6.92. The second-order valence-corrected chi connectivity index (χ2v) is 14.4. The number of aromatic hydroxyl groups is 1. The van der Waals surface area contributed by atoms with E-state index in [4.69, 9.17) is 26.1 Å². The predicted molar refractivity (Wildman–Crippen MR) is 212 cm³/mol. The first-order valence-electron chi connectivity index (χ1n) is 18.7. The standard InChI is InChI=1S/C39H49N3O15S/c43-17-27(48)36(57-38-35(52)34(51)33(50)30(18-44)56-38)32(49)26(47)16-40-11-3-1-2-4-12-41-39(58)42-19-5-8-22(25(13-19)37(53)54)31-23-9-6-20(45)14-28(23)55-29-15-21(46)7-10-24(29)31/h5-10,13-15,26-27,30,32-36,38,40,43-45,47-52H,1-4,11-12,16-18H2,(H,53,54)(H2,41,42,58)/t26-,27+,30+,32+,33+,34-,35+,36+,38-/m0/s1. The Morgan fingerprint density at radius 2 is 1.59 bits per heavy atom. The molecule has 58 heavy (non-hydrogen) atoms. The van der Waals surface area contributed by atoms with Gasteiger partial charge in [0.25, 0.3) is 0 Å². The van der Waals surface area contributed by atoms with Crippen molar-refractivity contribution in [2.45, 2.75) is 80.8 Å². The maximum Gasteiger partial charge on any atom is 0.336 e. The largest absolute Gasteiger partial charge is 0.508 e. The number of unbranched alkanes of at least 4 members (excludes halogenated alkanes) is 3. The molecule has 0 unspecified atom stereocenters. The Morgan fingerprint density at radius 1 is 0.862 bits per heavy atom. The molecule has 3 aliphatic rings. The molecule has 9 atom stereocenters. The molecular formula is C39H49N3O15S. The third kappa shape index (κ3) is 10.8. The molecule has 5 rings (SSSR count). The van der Waals surface area contributed by atoms with Crippen LogP contribution >= 0.6 is 12.2 Å². The van der Waals surface area contributed by atoms with E-state index in [0.29, 0.717) is 47.3 Å². The van der Waals surface area contributed by atoms with E-state index >= 15 is 0 Å². The lowest BCUT2D eigenvalue weighted by Crippen LogP contribution is -2.61. The zero-order valence-corrected chi connectivity index (χ0v) is 32.0. The normalized spacial score (nSPS) is 21.7. The van der Waals surface area contributed by atoms with Crippen LogP contribution in [-0.2, 0) is 9.47 Å². The second-order valence-electron chi connectivity index (χ2n) is 14.0. The zero-order chi connectivity index (χ0) is 42.1. The first-order chi connectivity index (χ1) is 27.7. The summed E-state index contributed by atoms with van der Waals surface area (Å²) in [5.41, 5.74) is 1.82. The van der Waals surface area contributed by atoms with Gasteiger partial charge in [0.15, 0.2) is 16.8 Å². The number of carboxylic acids is 1. The van der Waals surface area contributed by atoms with E-state index in [9.17, 15) is 60.7 Å². The molecule has 1 aliphatic carbocycles. The van der Waals surface area contributed by atoms with E-state index in [1.54, 1.807) is 24.3 Å². The van der Waals surface area contributed by atoms with Crippen molar-refractivity contribution >= 4 is 40.0 Å². The fourth-order valence-electron chi connectivity index (χ4n) is 6.70. The Kier molecular flexibility index (Phi) is 15.9. The van der Waals surface area contributed by atoms with Gasteiger partial charge in [-0.2, -0.15) is 0 Å². The Morgan fingerprint density at radius 3 is 2.29 bits per heavy atom. The maximum absolute atomic E-state index is 12.5. The average Bonchev–Trinajstić information content (AvgIpc) is 3.20. The minimum atomic E-state index is -1.82. The van der Waals surface area contributed by atoms with Crippen molar-refractivity contribution in [1.82, 2.24) is 10.6 Å². The summed E-state index contributed by atoms with van der Waals surface area (Å²) in [6, 6.07) is 13.5. The second kappa shape index (κ2) is 20.6. The lowest BCUT2D eigenvalue weighted by molar-refractivity contribution is -0.327. The first kappa shape index (κ1) is 44.7. The van der Waals surface area contributed by atoms with Crippen LogP contribution < -0.4 is 21.4 Å². The van der Waals surface area contributed by atoms with Crippen LogP contribution in [0.1, 0.15) is 36.0 Å². The van der Waals surface area contributed by atoms with Crippen molar-refractivity contribution < 1.29 is 69.8 Å². The Balaban J connectivity index is 1.06. The van der Waals surface area contributed by atoms with Crippen molar-refractivity contribution in [3.63, 3.8) is 0 Å². The van der Waals surface area contributed by atoms with E-state index in [2.05, 4.69) is 16.0 Å². The number of nitrogens with one attached hydrogen (secondary N) is 3. The van der Waals surface area contributed by atoms with Crippen molar-refractivity contribution in [3.8, 4) is 28.2 Å². The quantitative estimate of drug-likeness (QED) is 0.0327. The number of anilines is 1. The topological polar surface area (TPSA) is 304 Å². The van der Waals surface area contributed by atoms with Gasteiger partial charge in [0.05, 0.1) is 24.9 Å². The van der Waals surface area contributed by atoms with Crippen molar-refractivity contribution in [1.29, 1.82) is 0 Å². The lowest BCUT2D eigenvalue weighted by Gasteiger charge is -2.42. The number of aromatic carboxylic acids is 1. The summed E-state index contributed by atoms with van der Waals surface area (Å²) < 4.78 is 16.6. The number of thiocarbonyl (C=S) groups is 1. The van der Waals surface area contributed by atoms with Crippen molar-refractivity contribution in [2.75, 3.05) is 38.2 Å². The summed E-state index contributed by atoms with van der Waals surface area (Å²) in [6.07, 6.45) is -11.8. The number of aliphatic hydroxyl groups is 8. The molecule has 1 fully saturated rings. The number of benzene rings is 3. The molecule has 0 saturated carbocycles. The number of hydrogen-bond acceptors (Lipinski definition) is 16. The van der Waals surface area contributed by atoms with Crippen LogP contribution in [0.2, 0.25) is 0 Å². The van der Waals surface area contributed by atoms with E-state index in [-0.39, 0.29) is 39.7 Å². The number of phenolic OH excluding ortho intramolecular Hbond substituents is 1. The van der Waals surface area contributed by atoms with Gasteiger partial charge in [-0.05, 0) is 73.6 Å². The van der Waals surface area contributed by atoms with Gasteiger partial charge in [-0.25, -0.2) is 4.79 Å². The number of phenols is 1. The Bertz CT molecular complexity index is 2030. The fraction of sp³-hybridized carbons (Fsp3) is 0.462. The van der Waals surface area contributed by atoms with Crippen LogP contribution in [0.5, 0.6) is 5.75 Å². The van der Waals surface area contributed by atoms with Crippen molar-refractivity contribution in [2.24, 2.45) is 0 Å². The van der Waals surface area contributed by atoms with Gasteiger partial charge in [-0.15, -0.1) is 0 Å². The average molecular weight is 832 g/mol. The molecule has 0 radical (unpaired) electrons. The molecule has 0 aromatic heterocycles. The highest BCUT2D eigenvalue weighted by molar-refractivity contribution is 7.80. The molecule has 2 heterocycles. The smallest absolute Gasteiger partial charge is 0.336 e. The van der Waals surface area contributed by atoms with E-state index in [1.165, 1.54) is 30.3 Å². The van der Waals surface area contributed by atoms with Gasteiger partial charge in [0.2, 0.25) is 0 Å². The van der Waals surface area contributed by atoms with E-state index < -0.39 is 74.3 Å². The van der Waals surface area contributed by atoms with Crippen LogP contribution in [0, 0.1) is 0 Å². The van der Waals surface area contributed by atoms with Gasteiger partial charge in [-0.3, -0.25) is 4.79 Å². The molecule has 0 amide bonds. The number of rotatable bonds is 19. The van der Waals surface area contributed by atoms with Gasteiger partial charge >= 0.3 is 5.97 Å². The molecule has 2 aliphatic heterocycles. The number of aliphatic hydroxyl groups excluding tert-OH is 8. The Labute approximate surface area is 337 Å². The maximum atomic E-state index is 12.5. The summed E-state index contributed by atoms with van der Waals surface area (Å²) in [7, 11) is 0. The highest BCUT2D eigenvalue weighted by Crippen LogP contribution is 2.42. The van der Waals surface area contributed by atoms with Gasteiger partial charge in [0, 0.05) is 47.4 Å². The summed E-state index contributed by atoms with van der Waals surface area (Å²) in [5.74, 6) is -1.00. The van der Waals surface area contributed by atoms with Crippen LogP contribution in [0.3, 0.4) is 0 Å². The SMILES string of the molecule is O=C(O)c1cc(NC(=S)NCCCCCCNC[C@H](O)[C@@H](O)[C@H](O[C@@H]2O[C@H](CO)[C@@H](O)[C@H](O)[C@H]2O)[C@H](O)CO)ccc1-c1c2ccc(=O)cc-2oc2cc(O)ccc12. The van der Waals surface area contributed by atoms with E-state index in [0.717, 1.165) is 19.3 Å². The molecule has 2 aromatic carbocycles. The lowest BCUT2D eigenvalue weighted by atomic mass is 9.90. The molecule has 0 bridgehead atoms. The number of hydrogen-bond donors (Lipinski definition) is 13. The molecule has 0 spiro atoms. The predicted octanol–water partition coefficient (Wildman–Crippen LogP) is -0.335. The van der Waals surface area contributed by atoms with Crippen LogP contribution in [-0.4, -0.2) is 150 Å². The molecule has 2 aromatic rings.